The van der Waals surface area contributed by atoms with Gasteiger partial charge in [-0.1, -0.05) is 12.1 Å². The van der Waals surface area contributed by atoms with Gasteiger partial charge in [-0.05, 0) is 75.2 Å². The topological polar surface area (TPSA) is 110 Å². The van der Waals surface area contributed by atoms with Gasteiger partial charge in [-0.25, -0.2) is 23.1 Å². The zero-order valence-electron chi connectivity index (χ0n) is 18.3. The summed E-state index contributed by atoms with van der Waals surface area (Å²) in [5.74, 6) is 0.630. The summed E-state index contributed by atoms with van der Waals surface area (Å²) < 4.78 is 33.2. The maximum Gasteiger partial charge on any atom is 0.264 e. The van der Waals surface area contributed by atoms with Gasteiger partial charge in [-0.2, -0.15) is 0 Å². The van der Waals surface area contributed by atoms with E-state index in [0.717, 1.165) is 11.3 Å². The average Bonchev–Trinajstić information content (AvgIpc) is 2.70. The molecule has 3 rings (SSSR count). The number of benzene rings is 2. The molecule has 0 aliphatic heterocycles. The molecule has 168 valence electrons. The predicted octanol–water partition coefficient (Wildman–Crippen LogP) is 4.00. The third kappa shape index (κ3) is 6.78. The summed E-state index contributed by atoms with van der Waals surface area (Å²) in [6.45, 7) is 5.95. The number of aryl methyl sites for hydroxylation is 3. The minimum Gasteiger partial charge on any atom is -0.494 e. The van der Waals surface area contributed by atoms with Crippen molar-refractivity contribution in [3.05, 3.63) is 71.5 Å². The molecule has 1 amide bonds. The van der Waals surface area contributed by atoms with E-state index in [1.54, 1.807) is 19.9 Å². The molecule has 0 atom stereocenters. The van der Waals surface area contributed by atoms with Crippen molar-refractivity contribution in [2.75, 3.05) is 16.6 Å². The first-order valence-corrected chi connectivity index (χ1v) is 11.6. The summed E-state index contributed by atoms with van der Waals surface area (Å²) in [5.41, 5.74) is 2.95. The number of amides is 1. The highest BCUT2D eigenvalue weighted by Crippen LogP contribution is 2.18. The number of ether oxygens (including phenoxy) is 1. The number of nitrogens with zero attached hydrogens (tertiary/aromatic N) is 2. The Bertz CT molecular complexity index is 1170. The van der Waals surface area contributed by atoms with E-state index < -0.39 is 10.0 Å². The van der Waals surface area contributed by atoms with Crippen LogP contribution in [0, 0.1) is 20.8 Å². The Balaban J connectivity index is 1.50. The van der Waals surface area contributed by atoms with Crippen molar-refractivity contribution in [3.8, 4) is 5.75 Å². The highest BCUT2D eigenvalue weighted by Gasteiger charge is 2.16. The van der Waals surface area contributed by atoms with Gasteiger partial charge in [0.2, 0.25) is 11.9 Å². The van der Waals surface area contributed by atoms with Crippen molar-refractivity contribution in [2.24, 2.45) is 0 Å². The molecule has 0 radical (unpaired) electrons. The van der Waals surface area contributed by atoms with Gasteiger partial charge in [0.1, 0.15) is 5.75 Å². The van der Waals surface area contributed by atoms with Gasteiger partial charge in [-0.3, -0.25) is 4.79 Å². The highest BCUT2D eigenvalue weighted by molar-refractivity contribution is 7.92. The molecule has 9 heteroatoms. The normalized spacial score (nSPS) is 11.1. The Kier molecular flexibility index (Phi) is 7.42. The molecule has 0 saturated heterocycles. The van der Waals surface area contributed by atoms with E-state index in [0.29, 0.717) is 30.1 Å². The lowest BCUT2D eigenvalue weighted by molar-refractivity contribution is -0.116. The van der Waals surface area contributed by atoms with Crippen molar-refractivity contribution >= 4 is 27.6 Å². The van der Waals surface area contributed by atoms with Crippen LogP contribution >= 0.6 is 0 Å². The summed E-state index contributed by atoms with van der Waals surface area (Å²) in [7, 11) is -3.84. The van der Waals surface area contributed by atoms with E-state index in [4.69, 9.17) is 4.74 Å². The lowest BCUT2D eigenvalue weighted by Crippen LogP contribution is -2.16. The van der Waals surface area contributed by atoms with Crippen molar-refractivity contribution in [1.82, 2.24) is 9.97 Å². The molecular weight excluding hydrogens is 428 g/mol. The molecule has 0 spiro atoms. The van der Waals surface area contributed by atoms with Crippen molar-refractivity contribution < 1.29 is 17.9 Å². The lowest BCUT2D eigenvalue weighted by atomic mass is 10.2. The maximum absolute atomic E-state index is 12.6. The number of rotatable bonds is 9. The molecule has 0 saturated carbocycles. The van der Waals surface area contributed by atoms with E-state index in [1.165, 1.54) is 24.3 Å². The van der Waals surface area contributed by atoms with Crippen LogP contribution in [0.3, 0.4) is 0 Å². The smallest absolute Gasteiger partial charge is 0.264 e. The van der Waals surface area contributed by atoms with Gasteiger partial charge in [0, 0.05) is 23.5 Å². The number of hydrogen-bond acceptors (Lipinski definition) is 6. The lowest BCUT2D eigenvalue weighted by Gasteiger charge is -2.10. The van der Waals surface area contributed by atoms with Crippen LogP contribution in [0.5, 0.6) is 5.75 Å². The Hall–Kier alpha value is -3.46. The van der Waals surface area contributed by atoms with Crippen LogP contribution in [0.2, 0.25) is 0 Å². The monoisotopic (exact) mass is 454 g/mol. The fourth-order valence-corrected chi connectivity index (χ4v) is 3.96. The van der Waals surface area contributed by atoms with Crippen molar-refractivity contribution in [3.63, 3.8) is 0 Å². The quantitative estimate of drug-likeness (QED) is 0.473. The van der Waals surface area contributed by atoms with Crippen molar-refractivity contribution in [1.29, 1.82) is 0 Å². The SMILES string of the molecule is Cc1cccc(OCCCC(=O)Nc2ccc(S(=O)(=O)Nc3nc(C)cc(C)n3)cc2)c1. The minimum absolute atomic E-state index is 0.0211. The van der Waals surface area contributed by atoms with Crippen LogP contribution in [0.25, 0.3) is 0 Å². The number of aromatic nitrogens is 2. The molecule has 1 aromatic heterocycles. The van der Waals surface area contributed by atoms with Crippen LogP contribution < -0.4 is 14.8 Å². The Labute approximate surface area is 188 Å². The second kappa shape index (κ2) is 10.2. The fourth-order valence-electron chi connectivity index (χ4n) is 3.02. The number of nitrogens with one attached hydrogen (secondary N) is 2. The third-order valence-corrected chi connectivity index (χ3v) is 5.81. The molecule has 0 aliphatic rings. The van der Waals surface area contributed by atoms with Gasteiger partial charge >= 0.3 is 0 Å². The number of carbonyl (C=O) groups is 1. The molecule has 1 heterocycles. The largest absolute Gasteiger partial charge is 0.494 e. The second-order valence-corrected chi connectivity index (χ2v) is 9.10. The Morgan fingerprint density at radius 1 is 0.969 bits per heavy atom. The molecule has 0 aliphatic carbocycles. The fraction of sp³-hybridized carbons (Fsp3) is 0.261. The molecular formula is C23H26N4O4S. The van der Waals surface area contributed by atoms with E-state index in [1.807, 2.05) is 31.2 Å². The van der Waals surface area contributed by atoms with Crippen LogP contribution in [0.1, 0.15) is 29.8 Å². The zero-order valence-corrected chi connectivity index (χ0v) is 19.1. The van der Waals surface area contributed by atoms with Crippen LogP contribution in [-0.2, 0) is 14.8 Å². The molecule has 2 N–H and O–H groups in total. The summed E-state index contributed by atoms with van der Waals surface area (Å²) in [6.07, 6.45) is 0.851. The van der Waals surface area contributed by atoms with Crippen LogP contribution in [0.15, 0.2) is 59.5 Å². The zero-order chi connectivity index (χ0) is 23.1. The predicted molar refractivity (Wildman–Crippen MR) is 123 cm³/mol. The summed E-state index contributed by atoms with van der Waals surface area (Å²) in [6, 6.07) is 15.4. The van der Waals surface area contributed by atoms with Crippen LogP contribution in [-0.4, -0.2) is 30.9 Å². The summed E-state index contributed by atoms with van der Waals surface area (Å²) in [5, 5.41) is 2.76. The molecule has 3 aromatic rings. The van der Waals surface area contributed by atoms with Gasteiger partial charge in [0.05, 0.1) is 11.5 Å². The Morgan fingerprint density at radius 3 is 2.31 bits per heavy atom. The van der Waals surface area contributed by atoms with E-state index in [2.05, 4.69) is 20.0 Å². The minimum atomic E-state index is -3.84. The van der Waals surface area contributed by atoms with E-state index in [9.17, 15) is 13.2 Å². The molecule has 0 unspecified atom stereocenters. The van der Waals surface area contributed by atoms with Gasteiger partial charge < -0.3 is 10.1 Å². The molecule has 2 aromatic carbocycles. The summed E-state index contributed by atoms with van der Waals surface area (Å²) in [4.78, 5) is 20.4. The number of hydrogen-bond donors (Lipinski definition) is 2. The first-order chi connectivity index (χ1) is 15.2. The highest BCUT2D eigenvalue weighted by atomic mass is 32.2. The van der Waals surface area contributed by atoms with Gasteiger partial charge in [0.15, 0.2) is 0 Å². The first-order valence-electron chi connectivity index (χ1n) is 10.2. The second-order valence-electron chi connectivity index (χ2n) is 7.42. The van der Waals surface area contributed by atoms with Gasteiger partial charge in [0.25, 0.3) is 10.0 Å². The molecule has 0 bridgehead atoms. The molecule has 8 nitrogen and oxygen atoms in total. The standard InChI is InChI=1S/C23H26N4O4S/c1-16-6-4-7-20(14-16)31-13-5-8-22(28)26-19-9-11-21(12-10-19)32(29,30)27-23-24-17(2)15-18(3)25-23/h4,6-7,9-12,14-15H,5,8,13H2,1-3H3,(H,26,28)(H,24,25,27). The van der Waals surface area contributed by atoms with Crippen molar-refractivity contribution in [2.45, 2.75) is 38.5 Å². The number of carbonyl (C=O) groups excluding carboxylic acids is 1. The number of sulfonamides is 1. The molecule has 32 heavy (non-hydrogen) atoms. The van der Waals surface area contributed by atoms with Crippen LogP contribution in [0.4, 0.5) is 11.6 Å². The Morgan fingerprint density at radius 2 is 1.66 bits per heavy atom. The first kappa shape index (κ1) is 23.2. The number of anilines is 2. The van der Waals surface area contributed by atoms with E-state index >= 15 is 0 Å². The van der Waals surface area contributed by atoms with E-state index in [-0.39, 0.29) is 23.2 Å². The molecule has 0 fully saturated rings. The average molecular weight is 455 g/mol. The van der Waals surface area contributed by atoms with Gasteiger partial charge in [-0.15, -0.1) is 0 Å². The maximum atomic E-state index is 12.6. The summed E-state index contributed by atoms with van der Waals surface area (Å²) >= 11 is 0. The third-order valence-electron chi connectivity index (χ3n) is 4.46.